The van der Waals surface area contributed by atoms with Gasteiger partial charge in [0.15, 0.2) is 5.78 Å². The zero-order valence-corrected chi connectivity index (χ0v) is 15.6. The van der Waals surface area contributed by atoms with Crippen molar-refractivity contribution in [2.24, 2.45) is 0 Å². The lowest BCUT2D eigenvalue weighted by atomic mass is 10.0. The molecule has 5 rings (SSSR count). The van der Waals surface area contributed by atoms with Crippen LogP contribution in [-0.2, 0) is 13.0 Å². The first-order valence-electron chi connectivity index (χ1n) is 8.99. The van der Waals surface area contributed by atoms with Crippen molar-refractivity contribution in [3.05, 3.63) is 99.1 Å². The number of nitrogens with zero attached hydrogens (tertiary/aromatic N) is 2. The van der Waals surface area contributed by atoms with Crippen molar-refractivity contribution in [1.82, 2.24) is 9.55 Å². The van der Waals surface area contributed by atoms with E-state index in [0.29, 0.717) is 21.5 Å². The minimum atomic E-state index is -0.271. The third kappa shape index (κ3) is 2.74. The molecule has 0 spiro atoms. The summed E-state index contributed by atoms with van der Waals surface area (Å²) in [6.45, 7) is -0.0608. The summed E-state index contributed by atoms with van der Waals surface area (Å²) in [6, 6.07) is 19.0. The minimum absolute atomic E-state index is 0.0608. The van der Waals surface area contributed by atoms with Gasteiger partial charge in [-0.1, -0.05) is 48.0 Å². The molecule has 0 radical (unpaired) electrons. The summed E-state index contributed by atoms with van der Waals surface area (Å²) < 4.78 is 1.34. The van der Waals surface area contributed by atoms with Crippen molar-refractivity contribution >= 4 is 28.3 Å². The Morgan fingerprint density at radius 3 is 2.71 bits per heavy atom. The van der Waals surface area contributed by atoms with Crippen molar-refractivity contribution < 1.29 is 4.79 Å². The highest BCUT2D eigenvalue weighted by molar-refractivity contribution is 6.31. The van der Waals surface area contributed by atoms with Crippen LogP contribution in [0.1, 0.15) is 21.5 Å². The number of Topliss-reactive ketones (excluding diaryl/α,β-unsaturated/α-hetero) is 1. The molecule has 0 saturated carbocycles. The van der Waals surface area contributed by atoms with E-state index in [1.165, 1.54) is 27.6 Å². The number of ketones is 1. The molecule has 4 nitrogen and oxygen atoms in total. The minimum Gasteiger partial charge on any atom is -0.292 e. The molecule has 1 aliphatic carbocycles. The lowest BCUT2D eigenvalue weighted by Gasteiger charge is -2.08. The lowest BCUT2D eigenvalue weighted by molar-refractivity contribution is 0.0970. The van der Waals surface area contributed by atoms with Gasteiger partial charge in [0.25, 0.3) is 5.56 Å². The highest BCUT2D eigenvalue weighted by atomic mass is 35.5. The third-order valence-corrected chi connectivity index (χ3v) is 5.46. The molecule has 0 bridgehead atoms. The Labute approximate surface area is 166 Å². The number of rotatable bonds is 3. The van der Waals surface area contributed by atoms with E-state index in [1.807, 2.05) is 30.3 Å². The average molecular weight is 387 g/mol. The van der Waals surface area contributed by atoms with Gasteiger partial charge in [0.1, 0.15) is 0 Å². The maximum atomic E-state index is 12.9. The van der Waals surface area contributed by atoms with Crippen molar-refractivity contribution in [1.29, 1.82) is 0 Å². The maximum absolute atomic E-state index is 12.9. The van der Waals surface area contributed by atoms with Crippen LogP contribution in [0.2, 0.25) is 5.02 Å². The number of carbonyl (C=O) groups excluding carboxylic acids is 1. The molecule has 0 N–H and O–H groups in total. The Morgan fingerprint density at radius 2 is 1.82 bits per heavy atom. The van der Waals surface area contributed by atoms with E-state index in [9.17, 15) is 9.59 Å². The molecule has 5 heteroatoms. The first-order chi connectivity index (χ1) is 13.6. The number of hydrogen-bond donors (Lipinski definition) is 0. The van der Waals surface area contributed by atoms with Crippen LogP contribution in [0, 0.1) is 0 Å². The van der Waals surface area contributed by atoms with Gasteiger partial charge in [-0.05, 0) is 52.9 Å². The van der Waals surface area contributed by atoms with E-state index in [4.69, 9.17) is 11.6 Å². The summed E-state index contributed by atoms with van der Waals surface area (Å²) in [6.07, 6.45) is 2.30. The Bertz CT molecular complexity index is 1320. The second-order valence-corrected chi connectivity index (χ2v) is 7.40. The topological polar surface area (TPSA) is 52.0 Å². The van der Waals surface area contributed by atoms with Gasteiger partial charge in [0.05, 0.1) is 23.8 Å². The summed E-state index contributed by atoms with van der Waals surface area (Å²) in [5, 5.41) is 0.874. The normalized spacial score (nSPS) is 12.0. The number of aromatic nitrogens is 2. The zero-order chi connectivity index (χ0) is 19.3. The molecule has 136 valence electrons. The molecule has 1 aliphatic rings. The Hall–Kier alpha value is -3.24. The van der Waals surface area contributed by atoms with E-state index < -0.39 is 0 Å². The summed E-state index contributed by atoms with van der Waals surface area (Å²) in [5.74, 6) is -0.127. The second-order valence-electron chi connectivity index (χ2n) is 6.97. The molecule has 1 heterocycles. The highest BCUT2D eigenvalue weighted by Crippen LogP contribution is 2.36. The van der Waals surface area contributed by atoms with Gasteiger partial charge in [-0.15, -0.1) is 0 Å². The Morgan fingerprint density at radius 1 is 1.00 bits per heavy atom. The smallest absolute Gasteiger partial charge is 0.261 e. The van der Waals surface area contributed by atoms with Gasteiger partial charge >= 0.3 is 0 Å². The first kappa shape index (κ1) is 16.9. The van der Waals surface area contributed by atoms with E-state index in [1.54, 1.807) is 18.2 Å². The van der Waals surface area contributed by atoms with Crippen molar-refractivity contribution in [2.45, 2.75) is 13.0 Å². The molecule has 0 aliphatic heterocycles. The first-order valence-corrected chi connectivity index (χ1v) is 9.37. The zero-order valence-electron chi connectivity index (χ0n) is 14.9. The molecular formula is C23H15ClN2O2. The van der Waals surface area contributed by atoms with Gasteiger partial charge in [-0.2, -0.15) is 0 Å². The SMILES string of the molecule is O=C(Cn1cnc2ccc(Cl)cc2c1=O)c1ccc2c(c1)-c1ccccc1C2. The van der Waals surface area contributed by atoms with Crippen LogP contribution >= 0.6 is 11.6 Å². The summed E-state index contributed by atoms with van der Waals surface area (Å²) in [7, 11) is 0. The van der Waals surface area contributed by atoms with Gasteiger partial charge in [-0.3, -0.25) is 14.2 Å². The van der Waals surface area contributed by atoms with Crippen LogP contribution in [0.25, 0.3) is 22.0 Å². The molecule has 0 saturated heterocycles. The standard InChI is InChI=1S/C23H15ClN2O2/c24-17-7-8-21-20(11-17)23(28)26(13-25-21)12-22(27)16-6-5-15-9-14-3-1-2-4-18(14)19(15)10-16/h1-8,10-11,13H,9,12H2. The maximum Gasteiger partial charge on any atom is 0.261 e. The van der Waals surface area contributed by atoms with Gasteiger partial charge in [0, 0.05) is 10.6 Å². The van der Waals surface area contributed by atoms with Crippen LogP contribution in [0.4, 0.5) is 0 Å². The van der Waals surface area contributed by atoms with Crippen LogP contribution in [0.5, 0.6) is 0 Å². The van der Waals surface area contributed by atoms with Crippen LogP contribution in [0.15, 0.2) is 71.8 Å². The van der Waals surface area contributed by atoms with E-state index in [0.717, 1.165) is 12.0 Å². The Balaban J connectivity index is 1.50. The molecule has 0 fully saturated rings. The highest BCUT2D eigenvalue weighted by Gasteiger charge is 2.20. The van der Waals surface area contributed by atoms with Gasteiger partial charge in [-0.25, -0.2) is 4.98 Å². The fourth-order valence-electron chi connectivity index (χ4n) is 3.79. The number of fused-ring (bicyclic) bond motifs is 4. The van der Waals surface area contributed by atoms with Gasteiger partial charge < -0.3 is 0 Å². The number of hydrogen-bond acceptors (Lipinski definition) is 3. The summed E-state index contributed by atoms with van der Waals surface area (Å²) in [4.78, 5) is 29.8. The Kier molecular flexibility index (Phi) is 3.88. The summed E-state index contributed by atoms with van der Waals surface area (Å²) in [5.41, 5.74) is 5.64. The van der Waals surface area contributed by atoms with E-state index >= 15 is 0 Å². The monoisotopic (exact) mass is 386 g/mol. The van der Waals surface area contributed by atoms with Crippen LogP contribution in [0.3, 0.4) is 0 Å². The lowest BCUT2D eigenvalue weighted by Crippen LogP contribution is -2.24. The number of benzene rings is 3. The summed E-state index contributed by atoms with van der Waals surface area (Å²) >= 11 is 6.00. The average Bonchev–Trinajstić information content (AvgIpc) is 3.08. The molecule has 3 aromatic carbocycles. The van der Waals surface area contributed by atoms with Crippen LogP contribution in [-0.4, -0.2) is 15.3 Å². The molecule has 4 aromatic rings. The molecule has 1 aromatic heterocycles. The fourth-order valence-corrected chi connectivity index (χ4v) is 3.96. The van der Waals surface area contributed by atoms with E-state index in [-0.39, 0.29) is 17.9 Å². The quantitative estimate of drug-likeness (QED) is 0.429. The molecule has 0 unspecified atom stereocenters. The van der Waals surface area contributed by atoms with Crippen molar-refractivity contribution in [2.75, 3.05) is 0 Å². The number of carbonyl (C=O) groups is 1. The molecule has 28 heavy (non-hydrogen) atoms. The second kappa shape index (κ2) is 6.43. The predicted octanol–water partition coefficient (Wildman–Crippen LogP) is 4.50. The van der Waals surface area contributed by atoms with Crippen LogP contribution < -0.4 is 5.56 Å². The van der Waals surface area contributed by atoms with Crippen molar-refractivity contribution in [3.63, 3.8) is 0 Å². The van der Waals surface area contributed by atoms with E-state index in [2.05, 4.69) is 17.1 Å². The molecule has 0 atom stereocenters. The van der Waals surface area contributed by atoms with Gasteiger partial charge in [0.2, 0.25) is 0 Å². The molecular weight excluding hydrogens is 372 g/mol. The molecule has 0 amide bonds. The van der Waals surface area contributed by atoms with Crippen molar-refractivity contribution in [3.8, 4) is 11.1 Å². The largest absolute Gasteiger partial charge is 0.292 e. The third-order valence-electron chi connectivity index (χ3n) is 5.22. The predicted molar refractivity (Wildman–Crippen MR) is 110 cm³/mol. The fraction of sp³-hybridized carbons (Fsp3) is 0.0870. The number of halogens is 1.